The smallest absolute Gasteiger partial charge is 0.146 e. The molecule has 0 aliphatic carbocycles. The van der Waals surface area contributed by atoms with E-state index in [0.717, 1.165) is 18.7 Å². The van der Waals surface area contributed by atoms with Crippen LogP contribution in [0.15, 0.2) is 42.7 Å². The Bertz CT molecular complexity index is 578. The number of hydrogen-bond acceptors (Lipinski definition) is 3. The van der Waals surface area contributed by atoms with Gasteiger partial charge >= 0.3 is 0 Å². The Hall–Kier alpha value is -1.94. The molecule has 2 aromatic rings. The van der Waals surface area contributed by atoms with Crippen LogP contribution in [0.4, 0.5) is 4.39 Å². The minimum absolute atomic E-state index is 0.0933. The summed E-state index contributed by atoms with van der Waals surface area (Å²) in [7, 11) is 0. The van der Waals surface area contributed by atoms with Gasteiger partial charge in [-0.1, -0.05) is 25.1 Å². The van der Waals surface area contributed by atoms with Gasteiger partial charge in [0.2, 0.25) is 0 Å². The summed E-state index contributed by atoms with van der Waals surface area (Å²) in [4.78, 5) is 3.81. The molecule has 0 fully saturated rings. The highest BCUT2D eigenvalue weighted by Gasteiger charge is 2.32. The van der Waals surface area contributed by atoms with Gasteiger partial charge in [-0.2, -0.15) is 0 Å². The van der Waals surface area contributed by atoms with E-state index in [-0.39, 0.29) is 18.0 Å². The van der Waals surface area contributed by atoms with Crippen molar-refractivity contribution >= 4 is 0 Å². The average molecular weight is 272 g/mol. The zero-order valence-electron chi connectivity index (χ0n) is 11.3. The third kappa shape index (κ3) is 2.39. The summed E-state index contributed by atoms with van der Waals surface area (Å²) in [6.07, 6.45) is 3.56. The molecule has 20 heavy (non-hydrogen) atoms. The van der Waals surface area contributed by atoms with E-state index < -0.39 is 0 Å². The van der Waals surface area contributed by atoms with Crippen LogP contribution < -0.4 is 10.1 Å². The van der Waals surface area contributed by atoms with E-state index in [1.165, 1.54) is 11.8 Å². The van der Waals surface area contributed by atoms with E-state index in [1.807, 2.05) is 25.1 Å². The third-order valence-electron chi connectivity index (χ3n) is 3.61. The highest BCUT2D eigenvalue weighted by Crippen LogP contribution is 2.34. The van der Waals surface area contributed by atoms with E-state index >= 15 is 0 Å². The average Bonchev–Trinajstić information content (AvgIpc) is 2.89. The second-order valence-corrected chi connectivity index (χ2v) is 4.90. The molecule has 3 nitrogen and oxygen atoms in total. The van der Waals surface area contributed by atoms with Crippen molar-refractivity contribution in [3.8, 4) is 5.75 Å². The van der Waals surface area contributed by atoms with E-state index in [2.05, 4.69) is 16.4 Å². The summed E-state index contributed by atoms with van der Waals surface area (Å²) >= 11 is 0. The lowest BCUT2D eigenvalue weighted by molar-refractivity contribution is 0.177. The van der Waals surface area contributed by atoms with Crippen LogP contribution in [-0.4, -0.2) is 17.6 Å². The lowest BCUT2D eigenvalue weighted by Gasteiger charge is -2.24. The Balaban J connectivity index is 1.88. The molecule has 2 heterocycles. The Labute approximate surface area is 117 Å². The molecule has 1 aliphatic rings. The van der Waals surface area contributed by atoms with Crippen molar-refractivity contribution in [2.75, 3.05) is 6.54 Å². The molecule has 0 amide bonds. The molecule has 104 valence electrons. The first-order chi connectivity index (χ1) is 9.79. The van der Waals surface area contributed by atoms with Crippen LogP contribution in [-0.2, 0) is 6.42 Å². The molecule has 2 atom stereocenters. The molecule has 4 heteroatoms. The predicted molar refractivity (Wildman–Crippen MR) is 75.2 cm³/mol. The van der Waals surface area contributed by atoms with Gasteiger partial charge < -0.3 is 10.1 Å². The molecule has 0 saturated heterocycles. The second kappa shape index (κ2) is 5.59. The molecule has 2 unspecified atom stereocenters. The molecule has 0 radical (unpaired) electrons. The topological polar surface area (TPSA) is 34.2 Å². The van der Waals surface area contributed by atoms with Gasteiger partial charge in [0.25, 0.3) is 0 Å². The zero-order chi connectivity index (χ0) is 13.9. The Morgan fingerprint density at radius 1 is 1.40 bits per heavy atom. The maximum Gasteiger partial charge on any atom is 0.146 e. The van der Waals surface area contributed by atoms with Gasteiger partial charge in [0.1, 0.15) is 17.7 Å². The lowest BCUT2D eigenvalue weighted by Crippen LogP contribution is -2.35. The van der Waals surface area contributed by atoms with E-state index in [4.69, 9.17) is 4.74 Å². The highest BCUT2D eigenvalue weighted by molar-refractivity contribution is 5.38. The SMILES string of the molecule is CCNC(c1ccncc1F)C1Cc2ccccc2O1. The van der Waals surface area contributed by atoms with E-state index in [1.54, 1.807) is 12.3 Å². The van der Waals surface area contributed by atoms with Gasteiger partial charge in [0.05, 0.1) is 12.2 Å². The van der Waals surface area contributed by atoms with Crippen molar-refractivity contribution in [2.45, 2.75) is 25.5 Å². The summed E-state index contributed by atoms with van der Waals surface area (Å²) in [5.74, 6) is 0.605. The quantitative estimate of drug-likeness (QED) is 0.929. The minimum Gasteiger partial charge on any atom is -0.488 e. The van der Waals surface area contributed by atoms with E-state index in [0.29, 0.717) is 5.56 Å². The van der Waals surface area contributed by atoms with Crippen LogP contribution in [0.3, 0.4) is 0 Å². The first-order valence-corrected chi connectivity index (χ1v) is 6.87. The fourth-order valence-corrected chi connectivity index (χ4v) is 2.69. The molecule has 1 N–H and O–H groups in total. The summed E-state index contributed by atoms with van der Waals surface area (Å²) in [6.45, 7) is 2.76. The maximum atomic E-state index is 14.0. The number of nitrogens with zero attached hydrogens (tertiary/aromatic N) is 1. The van der Waals surface area contributed by atoms with Crippen LogP contribution >= 0.6 is 0 Å². The van der Waals surface area contributed by atoms with Crippen LogP contribution in [0.5, 0.6) is 5.75 Å². The van der Waals surface area contributed by atoms with Gasteiger partial charge in [-0.25, -0.2) is 4.39 Å². The molecular formula is C16H17FN2O. The summed E-state index contributed by atoms with van der Waals surface area (Å²) in [5, 5.41) is 3.32. The molecule has 1 aromatic carbocycles. The second-order valence-electron chi connectivity index (χ2n) is 4.90. The number of pyridine rings is 1. The number of fused-ring (bicyclic) bond motifs is 1. The standard InChI is InChI=1S/C16H17FN2O/c1-2-19-16(12-7-8-18-10-13(12)17)15-9-11-5-3-4-6-14(11)20-15/h3-8,10,15-16,19H,2,9H2,1H3. The lowest BCUT2D eigenvalue weighted by atomic mass is 9.98. The van der Waals surface area contributed by atoms with E-state index in [9.17, 15) is 4.39 Å². The van der Waals surface area contributed by atoms with Crippen molar-refractivity contribution in [1.82, 2.24) is 10.3 Å². The molecule has 0 spiro atoms. The van der Waals surface area contributed by atoms with Gasteiger partial charge in [0.15, 0.2) is 0 Å². The van der Waals surface area contributed by atoms with Crippen LogP contribution in [0.2, 0.25) is 0 Å². The summed E-state index contributed by atoms with van der Waals surface area (Å²) in [5.41, 5.74) is 1.79. The first kappa shape index (κ1) is 13.1. The number of likely N-dealkylation sites (N-methyl/N-ethyl adjacent to an activating group) is 1. The minimum atomic E-state index is -0.294. The zero-order valence-corrected chi connectivity index (χ0v) is 11.3. The van der Waals surface area contributed by atoms with Crippen molar-refractivity contribution in [1.29, 1.82) is 0 Å². The molecule has 1 aromatic heterocycles. The molecule has 1 aliphatic heterocycles. The normalized spacial score (nSPS) is 18.4. The number of ether oxygens (including phenoxy) is 1. The monoisotopic (exact) mass is 272 g/mol. The van der Waals surface area contributed by atoms with Gasteiger partial charge in [0, 0.05) is 18.2 Å². The van der Waals surface area contributed by atoms with Crippen LogP contribution in [0.25, 0.3) is 0 Å². The fourth-order valence-electron chi connectivity index (χ4n) is 2.69. The number of benzene rings is 1. The van der Waals surface area contributed by atoms with Gasteiger partial charge in [-0.15, -0.1) is 0 Å². The summed E-state index contributed by atoms with van der Waals surface area (Å²) in [6, 6.07) is 9.52. The number of rotatable bonds is 4. The van der Waals surface area contributed by atoms with Gasteiger partial charge in [-0.3, -0.25) is 4.98 Å². The molecular weight excluding hydrogens is 255 g/mol. The van der Waals surface area contributed by atoms with Crippen molar-refractivity contribution in [2.24, 2.45) is 0 Å². The maximum absolute atomic E-state index is 14.0. The Kier molecular flexibility index (Phi) is 3.65. The van der Waals surface area contributed by atoms with Crippen LogP contribution in [0.1, 0.15) is 24.1 Å². The fraction of sp³-hybridized carbons (Fsp3) is 0.312. The first-order valence-electron chi connectivity index (χ1n) is 6.87. The Morgan fingerprint density at radius 3 is 3.00 bits per heavy atom. The third-order valence-corrected chi connectivity index (χ3v) is 3.61. The number of halogens is 1. The van der Waals surface area contributed by atoms with Crippen molar-refractivity contribution < 1.29 is 9.13 Å². The number of hydrogen-bond donors (Lipinski definition) is 1. The molecule has 3 rings (SSSR count). The Morgan fingerprint density at radius 2 is 2.25 bits per heavy atom. The highest BCUT2D eigenvalue weighted by atomic mass is 19.1. The summed E-state index contributed by atoms with van der Waals surface area (Å²) < 4.78 is 20.0. The number of nitrogens with one attached hydrogen (secondary N) is 1. The van der Waals surface area contributed by atoms with Gasteiger partial charge in [-0.05, 0) is 24.2 Å². The predicted octanol–water partition coefficient (Wildman–Crippen LogP) is 2.88. The van der Waals surface area contributed by atoms with Crippen LogP contribution in [0, 0.1) is 5.82 Å². The van der Waals surface area contributed by atoms with Crippen molar-refractivity contribution in [3.63, 3.8) is 0 Å². The number of para-hydroxylation sites is 1. The molecule has 0 saturated carbocycles. The molecule has 0 bridgehead atoms. The number of aromatic nitrogens is 1. The largest absolute Gasteiger partial charge is 0.488 e. The van der Waals surface area contributed by atoms with Crippen molar-refractivity contribution in [3.05, 3.63) is 59.7 Å².